The molecular formula is C24H28F3N3O2. The van der Waals surface area contributed by atoms with Gasteiger partial charge in [0.25, 0.3) is 11.8 Å². The zero-order valence-electron chi connectivity index (χ0n) is 18.2. The van der Waals surface area contributed by atoms with Crippen molar-refractivity contribution in [2.24, 2.45) is 0 Å². The molecule has 2 N–H and O–H groups in total. The Morgan fingerprint density at radius 3 is 2.25 bits per heavy atom. The van der Waals surface area contributed by atoms with Crippen LogP contribution in [0, 0.1) is 0 Å². The summed E-state index contributed by atoms with van der Waals surface area (Å²) in [6, 6.07) is 11.7. The molecule has 1 aliphatic heterocycles. The van der Waals surface area contributed by atoms with Crippen molar-refractivity contribution >= 4 is 17.5 Å². The van der Waals surface area contributed by atoms with Gasteiger partial charge in [0.2, 0.25) is 0 Å². The van der Waals surface area contributed by atoms with Gasteiger partial charge in [-0.05, 0) is 62.6 Å². The number of alkyl halides is 3. The largest absolute Gasteiger partial charge is 0.416 e. The number of para-hydroxylation sites is 1. The van der Waals surface area contributed by atoms with Crippen LogP contribution in [-0.4, -0.2) is 37.0 Å². The van der Waals surface area contributed by atoms with Crippen LogP contribution >= 0.6 is 0 Å². The van der Waals surface area contributed by atoms with Crippen molar-refractivity contribution in [2.75, 3.05) is 18.0 Å². The van der Waals surface area contributed by atoms with Crippen molar-refractivity contribution in [3.05, 3.63) is 65.2 Å². The normalized spacial score (nSPS) is 15.8. The second-order valence-electron chi connectivity index (χ2n) is 8.11. The third-order valence-corrected chi connectivity index (χ3v) is 5.78. The molecule has 3 rings (SSSR count). The van der Waals surface area contributed by atoms with Crippen molar-refractivity contribution in [2.45, 2.75) is 51.4 Å². The van der Waals surface area contributed by atoms with Crippen LogP contribution in [0.2, 0.25) is 0 Å². The van der Waals surface area contributed by atoms with E-state index in [0.717, 1.165) is 24.2 Å². The summed E-state index contributed by atoms with van der Waals surface area (Å²) >= 11 is 0. The Balaban J connectivity index is 1.59. The van der Waals surface area contributed by atoms with Crippen LogP contribution in [0.1, 0.15) is 59.4 Å². The van der Waals surface area contributed by atoms with E-state index >= 15 is 0 Å². The number of hydrogen-bond acceptors (Lipinski definition) is 3. The van der Waals surface area contributed by atoms with Crippen molar-refractivity contribution in [1.82, 2.24) is 10.6 Å². The molecule has 1 atom stereocenters. The first-order chi connectivity index (χ1) is 15.2. The lowest BCUT2D eigenvalue weighted by atomic mass is 10.0. The lowest BCUT2D eigenvalue weighted by molar-refractivity contribution is -0.137. The minimum atomic E-state index is -4.43. The average Bonchev–Trinajstić information content (AvgIpc) is 2.79. The second kappa shape index (κ2) is 10.1. The van der Waals surface area contributed by atoms with E-state index in [1.165, 1.54) is 12.1 Å². The standard InChI is InChI=1S/C24H28F3N3O2/c1-3-16(2)28-23(32)20-6-4-5-7-21(20)30-14-12-19(13-15-30)29-22(31)17-8-10-18(11-9-17)24(25,26)27/h4-11,16,19H,3,12-15H2,1-2H3,(H,28,32)(H,29,31). The number of amides is 2. The molecular weight excluding hydrogens is 419 g/mol. The summed E-state index contributed by atoms with van der Waals surface area (Å²) in [4.78, 5) is 27.2. The van der Waals surface area contributed by atoms with Crippen molar-refractivity contribution in [3.63, 3.8) is 0 Å². The fraction of sp³-hybridized carbons (Fsp3) is 0.417. The average molecular weight is 448 g/mol. The molecule has 2 aromatic rings. The van der Waals surface area contributed by atoms with Gasteiger partial charge in [-0.1, -0.05) is 19.1 Å². The van der Waals surface area contributed by atoms with Crippen molar-refractivity contribution < 1.29 is 22.8 Å². The van der Waals surface area contributed by atoms with Gasteiger partial charge in [0.05, 0.1) is 11.1 Å². The topological polar surface area (TPSA) is 61.4 Å². The molecule has 1 aliphatic rings. The highest BCUT2D eigenvalue weighted by molar-refractivity contribution is 6.00. The second-order valence-corrected chi connectivity index (χ2v) is 8.11. The minimum Gasteiger partial charge on any atom is -0.371 e. The van der Waals surface area contributed by atoms with E-state index in [-0.39, 0.29) is 29.5 Å². The Hall–Kier alpha value is -3.03. The molecule has 1 unspecified atom stereocenters. The highest BCUT2D eigenvalue weighted by Gasteiger charge is 2.30. The number of nitrogens with zero attached hydrogens (tertiary/aromatic N) is 1. The van der Waals surface area contributed by atoms with E-state index in [9.17, 15) is 22.8 Å². The summed E-state index contributed by atoms with van der Waals surface area (Å²) in [6.45, 7) is 5.29. The van der Waals surface area contributed by atoms with Crippen molar-refractivity contribution in [3.8, 4) is 0 Å². The van der Waals surface area contributed by atoms with Gasteiger partial charge in [0, 0.05) is 36.4 Å². The number of halogens is 3. The zero-order valence-corrected chi connectivity index (χ0v) is 18.2. The highest BCUT2D eigenvalue weighted by Crippen LogP contribution is 2.29. The number of benzene rings is 2. The number of hydrogen-bond donors (Lipinski definition) is 2. The Morgan fingerprint density at radius 1 is 1.03 bits per heavy atom. The van der Waals surface area contributed by atoms with E-state index in [2.05, 4.69) is 15.5 Å². The summed E-state index contributed by atoms with van der Waals surface area (Å²) in [7, 11) is 0. The molecule has 0 radical (unpaired) electrons. The molecule has 2 aromatic carbocycles. The first-order valence-corrected chi connectivity index (χ1v) is 10.8. The summed E-state index contributed by atoms with van der Waals surface area (Å²) in [5.74, 6) is -0.488. The number of piperidine rings is 1. The Bertz CT molecular complexity index is 936. The molecule has 1 saturated heterocycles. The summed E-state index contributed by atoms with van der Waals surface area (Å²) < 4.78 is 38.1. The molecule has 0 spiro atoms. The maximum Gasteiger partial charge on any atom is 0.416 e. The van der Waals surface area contributed by atoms with E-state index in [1.54, 1.807) is 0 Å². The smallest absolute Gasteiger partial charge is 0.371 e. The van der Waals surface area contributed by atoms with Gasteiger partial charge in [-0.25, -0.2) is 0 Å². The lowest BCUT2D eigenvalue weighted by Crippen LogP contribution is -2.45. The molecule has 0 saturated carbocycles. The van der Waals surface area contributed by atoms with Crippen LogP contribution in [0.5, 0.6) is 0 Å². The van der Waals surface area contributed by atoms with Crippen LogP contribution < -0.4 is 15.5 Å². The van der Waals surface area contributed by atoms with Gasteiger partial charge in [0.1, 0.15) is 0 Å². The number of rotatable bonds is 6. The number of anilines is 1. The fourth-order valence-corrected chi connectivity index (χ4v) is 3.69. The molecule has 0 bridgehead atoms. The first-order valence-electron chi connectivity index (χ1n) is 10.8. The van der Waals surface area contributed by atoms with E-state index in [4.69, 9.17) is 0 Å². The van der Waals surface area contributed by atoms with Gasteiger partial charge in [-0.3, -0.25) is 9.59 Å². The summed E-state index contributed by atoms with van der Waals surface area (Å²) in [5.41, 5.74) is 0.909. The summed E-state index contributed by atoms with van der Waals surface area (Å²) in [5, 5.41) is 5.91. The van der Waals surface area contributed by atoms with Gasteiger partial charge in [-0.2, -0.15) is 13.2 Å². The number of nitrogens with one attached hydrogen (secondary N) is 2. The van der Waals surface area contributed by atoms with Crippen molar-refractivity contribution in [1.29, 1.82) is 0 Å². The molecule has 172 valence electrons. The van der Waals surface area contributed by atoms with E-state index in [1.807, 2.05) is 38.1 Å². The lowest BCUT2D eigenvalue weighted by Gasteiger charge is -2.35. The van der Waals surface area contributed by atoms with Crippen LogP contribution in [0.15, 0.2) is 48.5 Å². The third-order valence-electron chi connectivity index (χ3n) is 5.78. The molecule has 1 fully saturated rings. The van der Waals surface area contributed by atoms with Crippen LogP contribution in [0.4, 0.5) is 18.9 Å². The zero-order chi connectivity index (χ0) is 23.3. The predicted molar refractivity (Wildman–Crippen MR) is 118 cm³/mol. The molecule has 0 aliphatic carbocycles. The van der Waals surface area contributed by atoms with Crippen LogP contribution in [-0.2, 0) is 6.18 Å². The molecule has 1 heterocycles. The Kier molecular flexibility index (Phi) is 7.43. The van der Waals surface area contributed by atoms with E-state index < -0.39 is 11.7 Å². The monoisotopic (exact) mass is 447 g/mol. The Morgan fingerprint density at radius 2 is 1.66 bits per heavy atom. The Labute approximate surface area is 186 Å². The maximum absolute atomic E-state index is 12.7. The molecule has 2 amide bonds. The fourth-order valence-electron chi connectivity index (χ4n) is 3.69. The molecule has 0 aromatic heterocycles. The minimum absolute atomic E-state index is 0.0813. The predicted octanol–water partition coefficient (Wildman–Crippen LogP) is 4.63. The van der Waals surface area contributed by atoms with Gasteiger partial charge in [0.15, 0.2) is 0 Å². The first kappa shape index (κ1) is 23.6. The van der Waals surface area contributed by atoms with Crippen LogP contribution in [0.25, 0.3) is 0 Å². The highest BCUT2D eigenvalue weighted by atomic mass is 19.4. The third kappa shape index (κ3) is 5.81. The maximum atomic E-state index is 12.7. The quantitative estimate of drug-likeness (QED) is 0.679. The molecule has 5 nitrogen and oxygen atoms in total. The van der Waals surface area contributed by atoms with Gasteiger partial charge >= 0.3 is 6.18 Å². The van der Waals surface area contributed by atoms with E-state index in [0.29, 0.717) is 31.5 Å². The number of carbonyl (C=O) groups excluding carboxylic acids is 2. The van der Waals surface area contributed by atoms with Gasteiger partial charge < -0.3 is 15.5 Å². The molecule has 32 heavy (non-hydrogen) atoms. The van der Waals surface area contributed by atoms with Crippen LogP contribution in [0.3, 0.4) is 0 Å². The van der Waals surface area contributed by atoms with Gasteiger partial charge in [-0.15, -0.1) is 0 Å². The number of carbonyl (C=O) groups is 2. The molecule has 8 heteroatoms. The summed E-state index contributed by atoms with van der Waals surface area (Å²) in [6.07, 6.45) is -2.23. The SMILES string of the molecule is CCC(C)NC(=O)c1ccccc1N1CCC(NC(=O)c2ccc(C(F)(F)F)cc2)CC1.